The molecule has 0 aromatic carbocycles. The first-order chi connectivity index (χ1) is 9.91. The summed E-state index contributed by atoms with van der Waals surface area (Å²) in [6, 6.07) is 0. The summed E-state index contributed by atoms with van der Waals surface area (Å²) in [6.45, 7) is 4.22. The van der Waals surface area contributed by atoms with Crippen molar-refractivity contribution in [2.75, 3.05) is 0 Å². The third kappa shape index (κ3) is 1.98. The van der Waals surface area contributed by atoms with Gasteiger partial charge in [0.2, 0.25) is 0 Å². The van der Waals surface area contributed by atoms with Crippen LogP contribution in [0, 0.1) is 35.0 Å². The van der Waals surface area contributed by atoms with E-state index in [4.69, 9.17) is 0 Å². The average Bonchev–Trinajstić information content (AvgIpc) is 2.73. The van der Waals surface area contributed by atoms with Gasteiger partial charge in [-0.25, -0.2) is 0 Å². The van der Waals surface area contributed by atoms with Crippen LogP contribution in [0.15, 0.2) is 12.2 Å². The smallest absolute Gasteiger partial charge is 0.161 e. The Balaban J connectivity index is 1.58. The molecular weight excluding hydrogens is 260 g/mol. The minimum absolute atomic E-state index is 0.0891. The minimum atomic E-state index is -0.430. The molecule has 0 aromatic rings. The van der Waals surface area contributed by atoms with Crippen LogP contribution in [0.3, 0.4) is 0 Å². The first-order valence-corrected chi connectivity index (χ1v) is 8.86. The lowest BCUT2D eigenvalue weighted by Crippen LogP contribution is -2.50. The molecule has 7 atom stereocenters. The molecule has 0 amide bonds. The van der Waals surface area contributed by atoms with E-state index < -0.39 is 5.60 Å². The molecule has 0 saturated heterocycles. The van der Waals surface area contributed by atoms with Gasteiger partial charge in [-0.15, -0.1) is 0 Å². The maximum atomic E-state index is 12.3. The van der Waals surface area contributed by atoms with Gasteiger partial charge in [0.1, 0.15) is 0 Å². The molecule has 3 fully saturated rings. The zero-order chi connectivity index (χ0) is 14.8. The van der Waals surface area contributed by atoms with Crippen LogP contribution >= 0.6 is 0 Å². The molecule has 0 aromatic heterocycles. The number of fused-ring (bicyclic) bond motifs is 5. The highest BCUT2D eigenvalue weighted by molar-refractivity contribution is 5.97. The van der Waals surface area contributed by atoms with E-state index in [0.29, 0.717) is 11.7 Å². The topological polar surface area (TPSA) is 37.3 Å². The van der Waals surface area contributed by atoms with E-state index in [-0.39, 0.29) is 5.41 Å². The number of allylic oxidation sites excluding steroid dienone is 2. The number of aliphatic hydroxyl groups is 1. The highest BCUT2D eigenvalue weighted by Gasteiger charge is 2.55. The van der Waals surface area contributed by atoms with Gasteiger partial charge in [0.05, 0.1) is 5.60 Å². The van der Waals surface area contributed by atoms with E-state index in [1.54, 1.807) is 0 Å². The summed E-state index contributed by atoms with van der Waals surface area (Å²) in [5, 5.41) is 10.4. The molecule has 2 heteroatoms. The second-order valence-electron chi connectivity index (χ2n) is 8.77. The van der Waals surface area contributed by atoms with E-state index in [1.807, 2.05) is 13.0 Å². The van der Waals surface area contributed by atoms with E-state index >= 15 is 0 Å². The molecule has 0 radical (unpaired) electrons. The second kappa shape index (κ2) is 4.44. The van der Waals surface area contributed by atoms with Crippen molar-refractivity contribution in [3.63, 3.8) is 0 Å². The van der Waals surface area contributed by atoms with Gasteiger partial charge in [0.25, 0.3) is 0 Å². The molecule has 4 aliphatic rings. The molecule has 0 aliphatic heterocycles. The highest BCUT2D eigenvalue weighted by Crippen LogP contribution is 2.60. The number of hydrogen-bond acceptors (Lipinski definition) is 2. The molecule has 3 saturated carbocycles. The van der Waals surface area contributed by atoms with Gasteiger partial charge < -0.3 is 5.11 Å². The maximum Gasteiger partial charge on any atom is 0.161 e. The number of rotatable bonds is 0. The number of hydrogen-bond donors (Lipinski definition) is 1. The summed E-state index contributed by atoms with van der Waals surface area (Å²) in [5.41, 5.74) is -0.519. The standard InChI is InChI=1S/C19H28O2/c1-18(21)9-7-13-12(11-18)3-4-15-14(13)8-10-19(2)16(15)5-6-17(19)20/h5-6,12-16,21H,3-4,7-11H2,1-2H3/t12-,13+,14?,15-,16?,18+,19+/m1/s1. The third-order valence-electron chi connectivity index (χ3n) is 7.51. The van der Waals surface area contributed by atoms with Gasteiger partial charge in [0.15, 0.2) is 5.78 Å². The Labute approximate surface area is 128 Å². The number of ketones is 1. The van der Waals surface area contributed by atoms with Gasteiger partial charge in [-0.3, -0.25) is 4.79 Å². The molecule has 116 valence electrons. The Morgan fingerprint density at radius 1 is 1.05 bits per heavy atom. The first-order valence-electron chi connectivity index (χ1n) is 8.86. The minimum Gasteiger partial charge on any atom is -0.390 e. The summed E-state index contributed by atoms with van der Waals surface area (Å²) in [5.74, 6) is 3.91. The lowest BCUT2D eigenvalue weighted by molar-refractivity contribution is -0.132. The van der Waals surface area contributed by atoms with E-state index in [2.05, 4.69) is 13.0 Å². The van der Waals surface area contributed by atoms with Crippen molar-refractivity contribution in [1.82, 2.24) is 0 Å². The van der Waals surface area contributed by atoms with Gasteiger partial charge in [0, 0.05) is 5.41 Å². The average molecular weight is 288 g/mol. The Bertz CT molecular complexity index is 492. The molecule has 0 spiro atoms. The molecular formula is C19H28O2. The Morgan fingerprint density at radius 3 is 2.62 bits per heavy atom. The van der Waals surface area contributed by atoms with Crippen molar-refractivity contribution in [2.24, 2.45) is 35.0 Å². The van der Waals surface area contributed by atoms with Gasteiger partial charge in [-0.05, 0) is 87.5 Å². The van der Waals surface area contributed by atoms with E-state index in [1.165, 1.54) is 25.7 Å². The lowest BCUT2D eigenvalue weighted by Gasteiger charge is -2.55. The van der Waals surface area contributed by atoms with Crippen molar-refractivity contribution in [1.29, 1.82) is 0 Å². The van der Waals surface area contributed by atoms with Crippen molar-refractivity contribution < 1.29 is 9.90 Å². The fraction of sp³-hybridized carbons (Fsp3) is 0.842. The summed E-state index contributed by atoms with van der Waals surface area (Å²) in [7, 11) is 0. The van der Waals surface area contributed by atoms with E-state index in [9.17, 15) is 9.90 Å². The molecule has 0 bridgehead atoms. The molecule has 21 heavy (non-hydrogen) atoms. The molecule has 1 N–H and O–H groups in total. The van der Waals surface area contributed by atoms with Crippen LogP contribution in [-0.2, 0) is 4.79 Å². The molecule has 4 aliphatic carbocycles. The van der Waals surface area contributed by atoms with Crippen LogP contribution in [0.2, 0.25) is 0 Å². The fourth-order valence-electron chi connectivity index (χ4n) is 6.35. The Morgan fingerprint density at radius 2 is 1.81 bits per heavy atom. The Kier molecular flexibility index (Phi) is 2.96. The summed E-state index contributed by atoms with van der Waals surface area (Å²) >= 11 is 0. The predicted octanol–water partition coefficient (Wildman–Crippen LogP) is 3.74. The van der Waals surface area contributed by atoms with E-state index in [0.717, 1.165) is 42.9 Å². The maximum absolute atomic E-state index is 12.3. The first kappa shape index (κ1) is 14.0. The molecule has 4 rings (SSSR count). The fourth-order valence-corrected chi connectivity index (χ4v) is 6.35. The third-order valence-corrected chi connectivity index (χ3v) is 7.51. The quantitative estimate of drug-likeness (QED) is 0.737. The van der Waals surface area contributed by atoms with Gasteiger partial charge in [-0.1, -0.05) is 13.0 Å². The SMILES string of the molecule is C[C@]1(O)CC[C@@H]2C3CC[C@]4(C)C(=O)C=CC4[C@@H]3CC[C@@H]2C1. The number of carbonyl (C=O) groups is 1. The zero-order valence-corrected chi connectivity index (χ0v) is 13.3. The molecule has 0 heterocycles. The van der Waals surface area contributed by atoms with Gasteiger partial charge >= 0.3 is 0 Å². The highest BCUT2D eigenvalue weighted by atomic mass is 16.3. The molecule has 2 nitrogen and oxygen atoms in total. The zero-order valence-electron chi connectivity index (χ0n) is 13.3. The van der Waals surface area contributed by atoms with Crippen LogP contribution < -0.4 is 0 Å². The van der Waals surface area contributed by atoms with Crippen molar-refractivity contribution in [3.05, 3.63) is 12.2 Å². The van der Waals surface area contributed by atoms with Crippen LogP contribution in [-0.4, -0.2) is 16.5 Å². The van der Waals surface area contributed by atoms with Crippen LogP contribution in [0.25, 0.3) is 0 Å². The summed E-state index contributed by atoms with van der Waals surface area (Å²) in [4.78, 5) is 12.3. The normalized spacial score (nSPS) is 55.8. The summed E-state index contributed by atoms with van der Waals surface area (Å²) < 4.78 is 0. The summed E-state index contributed by atoms with van der Waals surface area (Å²) in [6.07, 6.45) is 12.1. The van der Waals surface area contributed by atoms with Crippen LogP contribution in [0.1, 0.15) is 58.8 Å². The second-order valence-corrected chi connectivity index (χ2v) is 8.77. The largest absolute Gasteiger partial charge is 0.390 e. The van der Waals surface area contributed by atoms with Crippen molar-refractivity contribution >= 4 is 5.78 Å². The van der Waals surface area contributed by atoms with Gasteiger partial charge in [-0.2, -0.15) is 0 Å². The van der Waals surface area contributed by atoms with Crippen LogP contribution in [0.5, 0.6) is 0 Å². The molecule has 2 unspecified atom stereocenters. The predicted molar refractivity (Wildman–Crippen MR) is 82.6 cm³/mol. The van der Waals surface area contributed by atoms with Crippen molar-refractivity contribution in [2.45, 2.75) is 64.4 Å². The lowest BCUT2D eigenvalue weighted by atomic mass is 9.50. The van der Waals surface area contributed by atoms with Crippen LogP contribution in [0.4, 0.5) is 0 Å². The monoisotopic (exact) mass is 288 g/mol. The Hall–Kier alpha value is -0.630. The van der Waals surface area contributed by atoms with Crippen molar-refractivity contribution in [3.8, 4) is 0 Å². The number of carbonyl (C=O) groups excluding carboxylic acids is 1.